The van der Waals surface area contributed by atoms with Crippen molar-refractivity contribution in [2.45, 2.75) is 23.8 Å². The molecule has 616 valence electrons. The first-order valence-electron chi connectivity index (χ1n) is 36.7. The van der Waals surface area contributed by atoms with Gasteiger partial charge in [-0.15, -0.1) is 0 Å². The fraction of sp³-hybridized carbons (Fsp3) is 0.0575. The molecule has 0 unspecified atom stereocenters. The summed E-state index contributed by atoms with van der Waals surface area (Å²) < 4.78 is 40.5. The van der Waals surface area contributed by atoms with Gasteiger partial charge in [-0.3, -0.25) is 40.1 Å². The number of aromatic carboxylic acids is 5. The van der Waals surface area contributed by atoms with Crippen molar-refractivity contribution in [3.8, 4) is 5.75 Å². The van der Waals surface area contributed by atoms with Gasteiger partial charge in [0.1, 0.15) is 34.3 Å². The molecule has 0 saturated carbocycles. The zero-order valence-corrected chi connectivity index (χ0v) is 65.7. The predicted octanol–water partition coefficient (Wildman–Crippen LogP) is 16.1. The van der Waals surface area contributed by atoms with Crippen molar-refractivity contribution in [3.05, 3.63) is 319 Å². The second kappa shape index (κ2) is 38.2. The summed E-state index contributed by atoms with van der Waals surface area (Å²) in [6.07, 6.45) is 3.37. The van der Waals surface area contributed by atoms with Gasteiger partial charge in [0, 0.05) is 61.0 Å². The highest BCUT2D eigenvalue weighted by molar-refractivity contribution is 7.92. The molecule has 32 nitrogen and oxygen atoms in total. The largest absolute Gasteiger partial charge is 0.508 e. The summed E-state index contributed by atoms with van der Waals surface area (Å²) in [6, 6.07) is 59.0. The number of nitrogens with zero attached hydrogens (tertiary/aromatic N) is 6. The zero-order valence-electron chi connectivity index (χ0n) is 64.1. The molecule has 0 radical (unpaired) electrons. The maximum absolute atomic E-state index is 12.9. The Morgan fingerprint density at radius 1 is 0.418 bits per heavy atom. The number of carboxylic acid groups (broad SMARTS) is 5. The Balaban J connectivity index is 0.000000136. The number of nitrogens with one attached hydrogen (secondary N) is 12. The van der Waals surface area contributed by atoms with E-state index in [4.69, 9.17) is 37.1 Å². The van der Waals surface area contributed by atoms with Crippen LogP contribution in [-0.2, 0) is 10.0 Å². The van der Waals surface area contributed by atoms with Gasteiger partial charge in [0.05, 0.1) is 93.6 Å². The van der Waals surface area contributed by atoms with E-state index in [1.54, 1.807) is 133 Å². The standard InChI is InChI=1S/C19H21N5O3S.C16H12FN3O2.C16H13N3O3.C16H13N3O2.C10H7ClN2O2.C10H8N2O2/c25-19(21-14-8-10-20-11-9-14)13-6-7-17-16(12-13)18(23-22-17)24-28(26,27)15-4-2-1-3-5-15;1-9(18-12-5-3-11(17)4-6-12)15-13-8-10(16(21)22)2-7-14(13)19-20-15;1-9(17-11-3-5-12(20)6-4-11)15-13-8-10(16(21)22)2-7-14(13)18-19-15;1-10(17-12-5-3-2-4-6-12)15-13-9-11(16(20)21)7-8-14(13)18-19-15;1-5(11)9-7-4-6(10(14)15)2-3-8(7)12-13-9;1-2-8-7-5-6(10(13)14)3-4-9(7)12-11-8/h1-7,12,14,20H,8-11H2,(H,21,25)(H2,22,23,24);2-8,18H,1H2,(H,19,20)(H,21,22);2-8,17,20H,1H2,(H,18,19)(H,21,22);2-9,17H,1H2,(H,18,19)(H,20,21);2-4H,1H2,(H,12,13)(H,14,15);2-5H,1H2,(H,11,12)(H,13,14). The average Bonchev–Trinajstić information content (AvgIpc) is 1.65. The number of aromatic amines is 6. The smallest absolute Gasteiger partial charge is 0.335 e. The fourth-order valence-electron chi connectivity index (χ4n) is 12.4. The van der Waals surface area contributed by atoms with Gasteiger partial charge in [0.25, 0.3) is 15.9 Å². The zero-order chi connectivity index (χ0) is 86.9. The number of halogens is 2. The molecular formula is C87H74ClFN18O14S. The molecule has 17 rings (SSSR count). The number of amides is 1. The van der Waals surface area contributed by atoms with Crippen LogP contribution in [0, 0.1) is 5.82 Å². The number of fused-ring (bicyclic) bond motifs is 6. The lowest BCUT2D eigenvalue weighted by molar-refractivity contribution is 0.0686. The average molecular weight is 1680 g/mol. The highest BCUT2D eigenvalue weighted by Gasteiger charge is 2.23. The summed E-state index contributed by atoms with van der Waals surface area (Å²) in [7, 11) is -3.77. The Bertz CT molecular complexity index is 6650. The van der Waals surface area contributed by atoms with Crippen LogP contribution in [0.25, 0.3) is 93.6 Å². The molecule has 18 N–H and O–H groups in total. The molecule has 0 atom stereocenters. The van der Waals surface area contributed by atoms with E-state index >= 15 is 0 Å². The molecule has 16 aromatic rings. The third-order valence-corrected chi connectivity index (χ3v) is 20.1. The van der Waals surface area contributed by atoms with Crippen molar-refractivity contribution in [1.82, 2.24) is 71.8 Å². The molecule has 0 aliphatic carbocycles. The van der Waals surface area contributed by atoms with Gasteiger partial charge in [-0.2, -0.15) is 30.6 Å². The highest BCUT2D eigenvalue weighted by atomic mass is 35.5. The number of rotatable bonds is 21. The van der Waals surface area contributed by atoms with Crippen LogP contribution in [0.5, 0.6) is 5.75 Å². The van der Waals surface area contributed by atoms with Gasteiger partial charge in [-0.25, -0.2) is 36.8 Å². The van der Waals surface area contributed by atoms with Crippen LogP contribution >= 0.6 is 11.6 Å². The SMILES string of the molecule is C=C(Cl)c1n[nH]c2ccc(C(=O)O)cc12.C=C(Nc1ccc(F)cc1)c1n[nH]c2ccc(C(=O)O)cc12.C=C(Nc1ccc(O)cc1)c1n[nH]c2ccc(C(=O)O)cc12.C=C(Nc1ccccc1)c1n[nH]c2ccc(C(=O)O)cc12.C=Cc1n[nH]c2ccc(C(=O)O)cc12.O=C(NC1CCNCC1)c1ccc2[nH]nc(NS(=O)(=O)c3ccccc3)c2c1. The molecule has 1 aliphatic heterocycles. The number of carbonyl (C=O) groups excluding carboxylic acids is 1. The number of sulfonamides is 1. The molecule has 10 aromatic carbocycles. The van der Waals surface area contributed by atoms with E-state index in [0.29, 0.717) is 89.4 Å². The van der Waals surface area contributed by atoms with Crippen molar-refractivity contribution < 1.29 is 72.2 Å². The molecule has 1 fully saturated rings. The molecular weight excluding hydrogens is 1610 g/mol. The number of aromatic hydroxyl groups is 1. The summed E-state index contributed by atoms with van der Waals surface area (Å²) in [5.41, 5.74) is 12.6. The maximum Gasteiger partial charge on any atom is 0.335 e. The van der Waals surface area contributed by atoms with Crippen LogP contribution in [0.4, 0.5) is 27.3 Å². The maximum atomic E-state index is 12.9. The van der Waals surface area contributed by atoms with Gasteiger partial charge < -0.3 is 57.2 Å². The number of hydrogen-bond acceptors (Lipinski definition) is 19. The van der Waals surface area contributed by atoms with E-state index in [-0.39, 0.29) is 67.1 Å². The molecule has 35 heteroatoms. The molecule has 1 aliphatic rings. The third kappa shape index (κ3) is 20.9. The number of phenols is 1. The van der Waals surface area contributed by atoms with Crippen molar-refractivity contribution in [2.75, 3.05) is 33.8 Å². The summed E-state index contributed by atoms with van der Waals surface area (Å²) >= 11 is 5.73. The second-order valence-electron chi connectivity index (χ2n) is 26.8. The van der Waals surface area contributed by atoms with E-state index in [9.17, 15) is 46.7 Å². The Hall–Kier alpha value is -16.3. The first-order valence-corrected chi connectivity index (χ1v) is 38.5. The molecule has 122 heavy (non-hydrogen) atoms. The molecule has 7 heterocycles. The Labute approximate surface area is 696 Å². The molecule has 1 amide bonds. The number of para-hydroxylation sites is 1. The molecule has 6 aromatic heterocycles. The number of hydrogen-bond donors (Lipinski definition) is 18. The minimum absolute atomic E-state index is 0.143. The summed E-state index contributed by atoms with van der Waals surface area (Å²) in [4.78, 5) is 67.4. The number of aromatic nitrogens is 12. The molecule has 0 spiro atoms. The van der Waals surface area contributed by atoms with Crippen molar-refractivity contribution >= 4 is 174 Å². The van der Waals surface area contributed by atoms with Crippen molar-refractivity contribution in [1.29, 1.82) is 0 Å². The Kier molecular flexibility index (Phi) is 26.6. The topological polar surface area (TPSA) is 502 Å². The number of carboxylic acids is 5. The summed E-state index contributed by atoms with van der Waals surface area (Å²) in [6.45, 7) is 20.7. The second-order valence-corrected chi connectivity index (χ2v) is 29.0. The lowest BCUT2D eigenvalue weighted by Crippen LogP contribution is -2.42. The fourth-order valence-corrected chi connectivity index (χ4v) is 13.5. The van der Waals surface area contributed by atoms with Gasteiger partial charge >= 0.3 is 29.8 Å². The summed E-state index contributed by atoms with van der Waals surface area (Å²) in [5.74, 6) is -5.06. The van der Waals surface area contributed by atoms with Crippen LogP contribution in [0.3, 0.4) is 0 Å². The minimum atomic E-state index is -3.77. The first-order chi connectivity index (χ1) is 58.6. The van der Waals surface area contributed by atoms with Crippen molar-refractivity contribution in [2.24, 2.45) is 0 Å². The van der Waals surface area contributed by atoms with E-state index in [0.717, 1.165) is 70.1 Å². The van der Waals surface area contributed by atoms with Crippen LogP contribution in [-0.4, -0.2) is 155 Å². The normalized spacial score (nSPS) is 11.6. The van der Waals surface area contributed by atoms with Gasteiger partial charge in [0.2, 0.25) is 0 Å². The number of phenolic OH excluding ortho intramolecular Hbond substituents is 1. The minimum Gasteiger partial charge on any atom is -0.508 e. The van der Waals surface area contributed by atoms with Crippen LogP contribution in [0.1, 0.15) is 103 Å². The van der Waals surface area contributed by atoms with E-state index in [1.165, 1.54) is 60.7 Å². The van der Waals surface area contributed by atoms with E-state index in [2.05, 4.69) is 125 Å². The Morgan fingerprint density at radius 3 is 1.16 bits per heavy atom. The van der Waals surface area contributed by atoms with E-state index < -0.39 is 39.9 Å². The van der Waals surface area contributed by atoms with Gasteiger partial charge in [-0.1, -0.05) is 80.9 Å². The number of carbonyl (C=O) groups is 6. The lowest BCUT2D eigenvalue weighted by atomic mass is 10.1. The van der Waals surface area contributed by atoms with E-state index in [1.807, 2.05) is 30.3 Å². The van der Waals surface area contributed by atoms with Crippen LogP contribution < -0.4 is 31.3 Å². The van der Waals surface area contributed by atoms with Gasteiger partial charge in [0.15, 0.2) is 5.82 Å². The summed E-state index contributed by atoms with van der Waals surface area (Å²) in [5, 5.41) is 115. The van der Waals surface area contributed by atoms with Gasteiger partial charge in [-0.05, 0) is 214 Å². The monoisotopic (exact) mass is 1680 g/mol. The van der Waals surface area contributed by atoms with Crippen molar-refractivity contribution in [3.63, 3.8) is 0 Å². The molecule has 0 bridgehead atoms. The Morgan fingerprint density at radius 2 is 0.754 bits per heavy atom. The number of benzene rings is 10. The van der Waals surface area contributed by atoms with Crippen LogP contribution in [0.2, 0.25) is 0 Å². The third-order valence-electron chi connectivity index (χ3n) is 18.5. The number of anilines is 4. The first kappa shape index (κ1) is 85.1. The predicted molar refractivity (Wildman–Crippen MR) is 466 cm³/mol. The quantitative estimate of drug-likeness (QED) is 0.0297. The number of H-pyrrole nitrogens is 6. The highest BCUT2D eigenvalue weighted by Crippen LogP contribution is 2.31. The van der Waals surface area contributed by atoms with Crippen LogP contribution in [0.15, 0.2) is 256 Å². The molecule has 1 saturated heterocycles. The lowest BCUT2D eigenvalue weighted by Gasteiger charge is -2.23. The number of piperidine rings is 1.